The SMILES string of the molecule is CCCCCC1CCC(C2=[S+]CCCS2)CC1.O=S(=O)([O-])C(F)(F)F. The van der Waals surface area contributed by atoms with E-state index in [2.05, 4.69) is 30.0 Å². The van der Waals surface area contributed by atoms with Crippen molar-refractivity contribution >= 4 is 37.4 Å². The fourth-order valence-corrected chi connectivity index (χ4v) is 5.99. The molecule has 1 fully saturated rings. The van der Waals surface area contributed by atoms with Crippen molar-refractivity contribution in [2.24, 2.45) is 11.8 Å². The predicted octanol–water partition coefficient (Wildman–Crippen LogP) is 4.77. The molecular weight excluding hydrogens is 393 g/mol. The maximum atomic E-state index is 10.7. The summed E-state index contributed by atoms with van der Waals surface area (Å²) < 4.78 is 60.7. The van der Waals surface area contributed by atoms with Gasteiger partial charge in [-0.15, -0.1) is 0 Å². The highest BCUT2D eigenvalue weighted by Crippen LogP contribution is 2.35. The Morgan fingerprint density at radius 2 is 1.80 bits per heavy atom. The van der Waals surface area contributed by atoms with Crippen LogP contribution >= 0.6 is 11.8 Å². The molecule has 0 amide bonds. The maximum absolute atomic E-state index is 10.7. The molecule has 0 aromatic rings. The van der Waals surface area contributed by atoms with Crippen molar-refractivity contribution in [2.75, 3.05) is 11.5 Å². The van der Waals surface area contributed by atoms with Crippen LogP contribution in [0.4, 0.5) is 13.2 Å². The van der Waals surface area contributed by atoms with Gasteiger partial charge in [-0.25, -0.2) is 8.42 Å². The molecule has 0 aromatic carbocycles. The van der Waals surface area contributed by atoms with Gasteiger partial charge in [0.25, 0.3) is 0 Å². The van der Waals surface area contributed by atoms with Crippen LogP contribution in [-0.4, -0.2) is 34.2 Å². The van der Waals surface area contributed by atoms with Crippen LogP contribution in [0.3, 0.4) is 0 Å². The summed E-state index contributed by atoms with van der Waals surface area (Å²) in [7, 11) is -6.09. The number of hydrogen-bond acceptors (Lipinski definition) is 4. The Bertz CT molecular complexity index is 510. The average Bonchev–Trinajstić information content (AvgIpc) is 2.55. The lowest BCUT2D eigenvalue weighted by Gasteiger charge is -2.27. The van der Waals surface area contributed by atoms with Crippen LogP contribution in [-0.2, 0) is 21.5 Å². The molecule has 0 aromatic heterocycles. The molecule has 2 rings (SSSR count). The minimum Gasteiger partial charge on any atom is -0.741 e. The molecule has 0 spiro atoms. The van der Waals surface area contributed by atoms with Crippen LogP contribution in [0.2, 0.25) is 0 Å². The minimum atomic E-state index is -6.09. The topological polar surface area (TPSA) is 57.2 Å². The van der Waals surface area contributed by atoms with Gasteiger partial charge in [0.05, 0.1) is 0 Å². The zero-order valence-electron chi connectivity index (χ0n) is 14.5. The predicted molar refractivity (Wildman–Crippen MR) is 99.7 cm³/mol. The van der Waals surface area contributed by atoms with E-state index < -0.39 is 15.6 Å². The molecule has 1 heterocycles. The lowest BCUT2D eigenvalue weighted by Crippen LogP contribution is -2.23. The van der Waals surface area contributed by atoms with E-state index in [9.17, 15) is 13.2 Å². The van der Waals surface area contributed by atoms with Crippen molar-refractivity contribution < 1.29 is 26.1 Å². The summed E-state index contributed by atoms with van der Waals surface area (Å²) in [5.41, 5.74) is -5.65. The van der Waals surface area contributed by atoms with Gasteiger partial charge in [-0.2, -0.15) is 13.2 Å². The highest BCUT2D eigenvalue weighted by molar-refractivity contribution is 8.23. The van der Waals surface area contributed by atoms with Crippen LogP contribution in [0, 0.1) is 11.8 Å². The van der Waals surface area contributed by atoms with Gasteiger partial charge in [0, 0.05) is 18.1 Å². The largest absolute Gasteiger partial charge is 0.741 e. The summed E-state index contributed by atoms with van der Waals surface area (Å²) in [5.74, 6) is 4.81. The Morgan fingerprint density at radius 1 is 1.20 bits per heavy atom. The van der Waals surface area contributed by atoms with Crippen molar-refractivity contribution in [3.8, 4) is 0 Å². The molecular formula is C16H27F3O3S3. The number of halogens is 3. The van der Waals surface area contributed by atoms with Crippen LogP contribution < -0.4 is 0 Å². The molecule has 0 N–H and O–H groups in total. The van der Waals surface area contributed by atoms with Crippen LogP contribution in [0.5, 0.6) is 0 Å². The maximum Gasteiger partial charge on any atom is 0.485 e. The molecule has 0 atom stereocenters. The quantitative estimate of drug-likeness (QED) is 0.211. The summed E-state index contributed by atoms with van der Waals surface area (Å²) in [6.45, 7) is 2.31. The van der Waals surface area contributed by atoms with E-state index in [4.69, 9.17) is 13.0 Å². The zero-order valence-corrected chi connectivity index (χ0v) is 17.0. The lowest BCUT2D eigenvalue weighted by atomic mass is 9.80. The molecule has 0 radical (unpaired) electrons. The second-order valence-corrected chi connectivity index (χ2v) is 10.4. The van der Waals surface area contributed by atoms with Crippen LogP contribution in [0.1, 0.15) is 64.7 Å². The third kappa shape index (κ3) is 9.06. The summed E-state index contributed by atoms with van der Waals surface area (Å²) >= 11 is 4.34. The first-order valence-electron chi connectivity index (χ1n) is 8.79. The first-order valence-corrected chi connectivity index (χ1v) is 12.2. The Balaban J connectivity index is 0.000000333. The second-order valence-electron chi connectivity index (χ2n) is 6.48. The van der Waals surface area contributed by atoms with Gasteiger partial charge in [0.15, 0.2) is 27.2 Å². The second kappa shape index (κ2) is 11.1. The third-order valence-corrected chi connectivity index (χ3v) is 7.95. The number of alkyl halides is 3. The molecule has 9 heteroatoms. The Morgan fingerprint density at radius 3 is 2.24 bits per heavy atom. The van der Waals surface area contributed by atoms with Crippen LogP contribution in [0.25, 0.3) is 0 Å². The summed E-state index contributed by atoms with van der Waals surface area (Å²) in [6.07, 6.45) is 13.2. The normalized spacial score (nSPS) is 24.9. The van der Waals surface area contributed by atoms with Crippen molar-refractivity contribution in [3.05, 3.63) is 0 Å². The lowest BCUT2D eigenvalue weighted by molar-refractivity contribution is -0.0517. The van der Waals surface area contributed by atoms with Gasteiger partial charge in [-0.1, -0.05) is 44.4 Å². The first-order chi connectivity index (χ1) is 11.6. The molecule has 0 saturated heterocycles. The van der Waals surface area contributed by atoms with Crippen molar-refractivity contribution in [2.45, 2.75) is 70.2 Å². The molecule has 1 aliphatic carbocycles. The highest BCUT2D eigenvalue weighted by Gasteiger charge is 2.37. The molecule has 3 nitrogen and oxygen atoms in total. The molecule has 0 unspecified atom stereocenters. The summed E-state index contributed by atoms with van der Waals surface area (Å²) in [4.78, 5) is 0. The molecule has 25 heavy (non-hydrogen) atoms. The van der Waals surface area contributed by atoms with Gasteiger partial charge >= 0.3 is 5.51 Å². The van der Waals surface area contributed by atoms with E-state index in [0.29, 0.717) is 0 Å². The van der Waals surface area contributed by atoms with Gasteiger partial charge < -0.3 is 4.55 Å². The van der Waals surface area contributed by atoms with E-state index in [1.165, 1.54) is 69.3 Å². The van der Waals surface area contributed by atoms with Crippen molar-refractivity contribution in [1.82, 2.24) is 0 Å². The number of hydrogen-bond donors (Lipinski definition) is 0. The minimum absolute atomic E-state index is 0.965. The fraction of sp³-hybridized carbons (Fsp3) is 0.938. The number of thioether (sulfide) groups is 1. The molecule has 2 aliphatic rings. The average molecular weight is 421 g/mol. The Hall–Kier alpha value is 0.140. The zero-order chi connectivity index (χ0) is 18.9. The van der Waals surface area contributed by atoms with Gasteiger partial charge in [-0.05, 0) is 31.6 Å². The standard InChI is InChI=1S/C15H27S2.CHF3O3S/c1-2-3-4-6-13-7-9-14(10-8-13)15-16-11-5-12-17-15;2-1(3,4)8(5,6)7/h13-14H,2-12H2,1H3;(H,5,6,7)/q+1;/p-1. The van der Waals surface area contributed by atoms with E-state index in [0.717, 1.165) is 11.8 Å². The highest BCUT2D eigenvalue weighted by atomic mass is 32.2. The fourth-order valence-electron chi connectivity index (χ4n) is 3.05. The van der Waals surface area contributed by atoms with Gasteiger partial charge in [-0.3, -0.25) is 0 Å². The van der Waals surface area contributed by atoms with E-state index in [-0.39, 0.29) is 0 Å². The monoisotopic (exact) mass is 420 g/mol. The van der Waals surface area contributed by atoms with E-state index in [1.54, 1.807) is 4.20 Å². The van der Waals surface area contributed by atoms with E-state index in [1.807, 2.05) is 0 Å². The first kappa shape index (κ1) is 23.2. The van der Waals surface area contributed by atoms with Gasteiger partial charge in [0.2, 0.25) is 4.20 Å². The van der Waals surface area contributed by atoms with E-state index >= 15 is 0 Å². The summed E-state index contributed by atoms with van der Waals surface area (Å²) in [5, 5.41) is 0. The third-order valence-electron chi connectivity index (χ3n) is 4.46. The molecule has 148 valence electrons. The van der Waals surface area contributed by atoms with Crippen LogP contribution in [0.15, 0.2) is 0 Å². The van der Waals surface area contributed by atoms with Crippen molar-refractivity contribution in [3.63, 3.8) is 0 Å². The van der Waals surface area contributed by atoms with Gasteiger partial charge in [0.1, 0.15) is 0 Å². The molecule has 1 aliphatic heterocycles. The molecule has 1 saturated carbocycles. The Kier molecular flexibility index (Phi) is 10.3. The number of rotatable bonds is 5. The van der Waals surface area contributed by atoms with Crippen molar-refractivity contribution in [1.29, 1.82) is 0 Å². The summed E-state index contributed by atoms with van der Waals surface area (Å²) in [6, 6.07) is 0. The Labute approximate surface area is 157 Å². The molecule has 0 bridgehead atoms. The number of unbranched alkanes of at least 4 members (excludes halogenated alkanes) is 2. The smallest absolute Gasteiger partial charge is 0.485 e.